The van der Waals surface area contributed by atoms with Crippen molar-refractivity contribution in [3.05, 3.63) is 34.3 Å². The maximum absolute atomic E-state index is 11.6. The maximum Gasteiger partial charge on any atom is 0.324 e. The van der Waals surface area contributed by atoms with Gasteiger partial charge in [0.25, 0.3) is 0 Å². The van der Waals surface area contributed by atoms with E-state index in [1.165, 1.54) is 0 Å². The van der Waals surface area contributed by atoms with Gasteiger partial charge in [-0.15, -0.1) is 0 Å². The van der Waals surface area contributed by atoms with Crippen LogP contribution < -0.4 is 0 Å². The summed E-state index contributed by atoms with van der Waals surface area (Å²) in [5, 5.41) is 10.3. The van der Waals surface area contributed by atoms with E-state index in [2.05, 4.69) is 4.90 Å². The van der Waals surface area contributed by atoms with E-state index in [0.717, 1.165) is 35.5 Å². The first kappa shape index (κ1) is 14.4. The van der Waals surface area contributed by atoms with Crippen molar-refractivity contribution in [2.75, 3.05) is 6.54 Å². The first-order valence-electron chi connectivity index (χ1n) is 6.73. The number of rotatable bonds is 4. The van der Waals surface area contributed by atoms with E-state index in [4.69, 9.17) is 11.6 Å². The van der Waals surface area contributed by atoms with Crippen molar-refractivity contribution < 1.29 is 9.90 Å². The average molecular weight is 282 g/mol. The number of carboxylic acids is 1. The van der Waals surface area contributed by atoms with Crippen LogP contribution in [0.2, 0.25) is 5.02 Å². The Morgan fingerprint density at radius 3 is 2.84 bits per heavy atom. The molecule has 0 radical (unpaired) electrons. The van der Waals surface area contributed by atoms with E-state index in [1.54, 1.807) is 0 Å². The number of benzene rings is 1. The molecule has 0 aromatic heterocycles. The zero-order valence-corrected chi connectivity index (χ0v) is 12.2. The Bertz CT molecular complexity index is 489. The van der Waals surface area contributed by atoms with Gasteiger partial charge in [0.1, 0.15) is 5.54 Å². The van der Waals surface area contributed by atoms with Crippen molar-refractivity contribution in [3.8, 4) is 0 Å². The molecule has 1 heterocycles. The van der Waals surface area contributed by atoms with Gasteiger partial charge in [0.2, 0.25) is 0 Å². The molecule has 0 bridgehead atoms. The molecule has 1 saturated heterocycles. The zero-order valence-electron chi connectivity index (χ0n) is 11.4. The fraction of sp³-hybridized carbons (Fsp3) is 0.533. The lowest BCUT2D eigenvalue weighted by Gasteiger charge is -2.34. The van der Waals surface area contributed by atoms with Crippen molar-refractivity contribution in [3.63, 3.8) is 0 Å². The first-order valence-corrected chi connectivity index (χ1v) is 7.11. The number of aryl methyl sites for hydroxylation is 1. The van der Waals surface area contributed by atoms with Crippen molar-refractivity contribution in [1.29, 1.82) is 0 Å². The quantitative estimate of drug-likeness (QED) is 0.919. The van der Waals surface area contributed by atoms with Crippen LogP contribution in [0.1, 0.15) is 37.3 Å². The standard InChI is InChI=1S/C15H20ClNO2/c1-3-15(14(18)19)7-4-8-17(15)10-12-6-5-11(2)9-13(12)16/h5-6,9H,3-4,7-8,10H2,1-2H3,(H,18,19). The highest BCUT2D eigenvalue weighted by Crippen LogP contribution is 2.35. The predicted octanol–water partition coefficient (Wildman–Crippen LogP) is 3.48. The van der Waals surface area contributed by atoms with E-state index >= 15 is 0 Å². The second-order valence-electron chi connectivity index (χ2n) is 5.31. The lowest BCUT2D eigenvalue weighted by molar-refractivity contribution is -0.150. The average Bonchev–Trinajstić information content (AvgIpc) is 2.76. The molecular weight excluding hydrogens is 262 g/mol. The van der Waals surface area contributed by atoms with Crippen LogP contribution in [-0.4, -0.2) is 28.1 Å². The fourth-order valence-electron chi connectivity index (χ4n) is 2.94. The first-order chi connectivity index (χ1) is 8.99. The molecule has 0 saturated carbocycles. The number of nitrogens with zero attached hydrogens (tertiary/aromatic N) is 1. The molecule has 1 aromatic carbocycles. The molecule has 2 rings (SSSR count). The third-order valence-corrected chi connectivity index (χ3v) is 4.53. The lowest BCUT2D eigenvalue weighted by atomic mass is 9.92. The summed E-state index contributed by atoms with van der Waals surface area (Å²) in [4.78, 5) is 13.7. The molecule has 1 aliphatic heterocycles. The highest BCUT2D eigenvalue weighted by atomic mass is 35.5. The summed E-state index contributed by atoms with van der Waals surface area (Å²) in [6.45, 7) is 5.38. The molecule has 4 heteroatoms. The normalized spacial score (nSPS) is 23.7. The summed E-state index contributed by atoms with van der Waals surface area (Å²) < 4.78 is 0. The van der Waals surface area contributed by atoms with Crippen molar-refractivity contribution in [2.45, 2.75) is 45.2 Å². The number of hydrogen-bond donors (Lipinski definition) is 1. The van der Waals surface area contributed by atoms with Gasteiger partial charge in [-0.2, -0.15) is 0 Å². The lowest BCUT2D eigenvalue weighted by Crippen LogP contribution is -2.49. The SMILES string of the molecule is CCC1(C(=O)O)CCCN1Cc1ccc(C)cc1Cl. The highest BCUT2D eigenvalue weighted by Gasteiger charge is 2.45. The van der Waals surface area contributed by atoms with Crippen LogP contribution in [0.4, 0.5) is 0 Å². The monoisotopic (exact) mass is 281 g/mol. The Morgan fingerprint density at radius 1 is 1.53 bits per heavy atom. The van der Waals surface area contributed by atoms with Gasteiger partial charge >= 0.3 is 5.97 Å². The predicted molar refractivity (Wildman–Crippen MR) is 76.5 cm³/mol. The van der Waals surface area contributed by atoms with Gasteiger partial charge in [0.15, 0.2) is 0 Å². The second-order valence-corrected chi connectivity index (χ2v) is 5.72. The molecule has 3 nitrogen and oxygen atoms in total. The minimum atomic E-state index is -0.714. The molecule has 1 aromatic rings. The highest BCUT2D eigenvalue weighted by molar-refractivity contribution is 6.31. The van der Waals surface area contributed by atoms with Gasteiger partial charge in [-0.25, -0.2) is 0 Å². The van der Waals surface area contributed by atoms with Crippen LogP contribution in [0, 0.1) is 6.92 Å². The summed E-state index contributed by atoms with van der Waals surface area (Å²) in [7, 11) is 0. The molecule has 1 atom stereocenters. The van der Waals surface area contributed by atoms with Gasteiger partial charge in [-0.05, 0) is 49.9 Å². The molecule has 0 aliphatic carbocycles. The van der Waals surface area contributed by atoms with Crippen LogP contribution >= 0.6 is 11.6 Å². The van der Waals surface area contributed by atoms with Crippen LogP contribution in [0.15, 0.2) is 18.2 Å². The Labute approximate surface area is 119 Å². The largest absolute Gasteiger partial charge is 0.480 e. The number of hydrogen-bond acceptors (Lipinski definition) is 2. The third kappa shape index (κ3) is 2.63. The summed E-state index contributed by atoms with van der Waals surface area (Å²) in [5.41, 5.74) is 1.41. The van der Waals surface area contributed by atoms with E-state index < -0.39 is 11.5 Å². The van der Waals surface area contributed by atoms with Crippen molar-refractivity contribution >= 4 is 17.6 Å². The van der Waals surface area contributed by atoms with Crippen LogP contribution in [0.25, 0.3) is 0 Å². The summed E-state index contributed by atoms with van der Waals surface area (Å²) in [6.07, 6.45) is 2.29. The Morgan fingerprint density at radius 2 is 2.26 bits per heavy atom. The molecule has 1 aliphatic rings. The topological polar surface area (TPSA) is 40.5 Å². The molecule has 1 fully saturated rings. The smallest absolute Gasteiger partial charge is 0.324 e. The zero-order chi connectivity index (χ0) is 14.0. The van der Waals surface area contributed by atoms with Crippen molar-refractivity contribution in [1.82, 2.24) is 4.90 Å². The van der Waals surface area contributed by atoms with Crippen LogP contribution in [0.3, 0.4) is 0 Å². The summed E-state index contributed by atoms with van der Waals surface area (Å²) >= 11 is 6.25. The van der Waals surface area contributed by atoms with Gasteiger partial charge in [0.05, 0.1) is 0 Å². The Balaban J connectivity index is 2.24. The minimum absolute atomic E-state index is 0.610. The molecule has 0 amide bonds. The summed E-state index contributed by atoms with van der Waals surface area (Å²) in [5.74, 6) is -0.712. The van der Waals surface area contributed by atoms with Gasteiger partial charge < -0.3 is 5.11 Å². The van der Waals surface area contributed by atoms with Crippen LogP contribution in [-0.2, 0) is 11.3 Å². The van der Waals surface area contributed by atoms with Gasteiger partial charge in [-0.1, -0.05) is 30.7 Å². The van der Waals surface area contributed by atoms with E-state index in [-0.39, 0.29) is 0 Å². The molecule has 1 N–H and O–H groups in total. The third-order valence-electron chi connectivity index (χ3n) is 4.18. The number of carbonyl (C=O) groups is 1. The maximum atomic E-state index is 11.6. The molecule has 104 valence electrons. The Hall–Kier alpha value is -1.06. The summed E-state index contributed by atoms with van der Waals surface area (Å²) in [6, 6.07) is 5.95. The number of halogens is 1. The molecule has 1 unspecified atom stereocenters. The van der Waals surface area contributed by atoms with E-state index in [1.807, 2.05) is 32.0 Å². The van der Waals surface area contributed by atoms with E-state index in [0.29, 0.717) is 13.0 Å². The molecule has 0 spiro atoms. The van der Waals surface area contributed by atoms with Crippen molar-refractivity contribution in [2.24, 2.45) is 0 Å². The van der Waals surface area contributed by atoms with Gasteiger partial charge in [-0.3, -0.25) is 9.69 Å². The minimum Gasteiger partial charge on any atom is -0.480 e. The Kier molecular flexibility index (Phi) is 4.16. The molecular formula is C15H20ClNO2. The van der Waals surface area contributed by atoms with Gasteiger partial charge in [0, 0.05) is 11.6 Å². The number of aliphatic carboxylic acids is 1. The second kappa shape index (κ2) is 5.51. The number of likely N-dealkylation sites (tertiary alicyclic amines) is 1. The fourth-order valence-corrected chi connectivity index (χ4v) is 3.24. The van der Waals surface area contributed by atoms with E-state index in [9.17, 15) is 9.90 Å². The number of carboxylic acid groups (broad SMARTS) is 1. The van der Waals surface area contributed by atoms with Crippen LogP contribution in [0.5, 0.6) is 0 Å². The molecule has 19 heavy (non-hydrogen) atoms.